The second-order valence-corrected chi connectivity index (χ2v) is 4.61. The molecule has 106 valence electrons. The predicted molar refractivity (Wildman–Crippen MR) is 76.7 cm³/mol. The molecule has 3 aromatic rings. The van der Waals surface area contributed by atoms with Crippen LogP contribution in [0.3, 0.4) is 0 Å². The molecule has 3 aromatic heterocycles. The summed E-state index contributed by atoms with van der Waals surface area (Å²) in [6.45, 7) is 1.90. The maximum atomic E-state index is 11.2. The summed E-state index contributed by atoms with van der Waals surface area (Å²) in [6.07, 6.45) is 5.11. The summed E-state index contributed by atoms with van der Waals surface area (Å²) in [4.78, 5) is 19.7. The van der Waals surface area contributed by atoms with Crippen LogP contribution in [0.1, 0.15) is 15.9 Å². The van der Waals surface area contributed by atoms with Gasteiger partial charge in [0.1, 0.15) is 5.56 Å². The molecule has 3 heterocycles. The second kappa shape index (κ2) is 4.90. The van der Waals surface area contributed by atoms with Crippen LogP contribution < -0.4 is 4.74 Å². The fraction of sp³-hybridized carbons (Fsp3) is 0.133. The Bertz CT molecular complexity index is 839. The Labute approximate surface area is 120 Å². The molecule has 0 radical (unpaired) electrons. The van der Waals surface area contributed by atoms with Crippen molar-refractivity contribution in [1.82, 2.24) is 14.4 Å². The number of hydrogen-bond acceptors (Lipinski definition) is 4. The highest BCUT2D eigenvalue weighted by molar-refractivity contribution is 5.94. The minimum atomic E-state index is -0.998. The fourth-order valence-corrected chi connectivity index (χ4v) is 2.31. The van der Waals surface area contributed by atoms with Gasteiger partial charge in [0, 0.05) is 23.5 Å². The van der Waals surface area contributed by atoms with Gasteiger partial charge < -0.3 is 9.84 Å². The Kier molecular flexibility index (Phi) is 3.06. The summed E-state index contributed by atoms with van der Waals surface area (Å²) in [6, 6.07) is 5.15. The van der Waals surface area contributed by atoms with E-state index >= 15 is 0 Å². The van der Waals surface area contributed by atoms with E-state index in [4.69, 9.17) is 4.74 Å². The zero-order valence-electron chi connectivity index (χ0n) is 11.6. The van der Waals surface area contributed by atoms with Crippen molar-refractivity contribution in [2.75, 3.05) is 7.11 Å². The smallest absolute Gasteiger partial charge is 0.339 e. The Morgan fingerprint density at radius 2 is 2.14 bits per heavy atom. The SMILES string of the molecule is COc1ncc(-c2cnc3c(C(=O)O)cccn23)cc1C. The molecule has 0 spiro atoms. The van der Waals surface area contributed by atoms with E-state index in [1.807, 2.05) is 13.0 Å². The molecule has 3 rings (SSSR count). The van der Waals surface area contributed by atoms with Crippen molar-refractivity contribution in [2.24, 2.45) is 0 Å². The van der Waals surface area contributed by atoms with Crippen molar-refractivity contribution in [1.29, 1.82) is 0 Å². The number of aromatic nitrogens is 3. The molecular formula is C15H13N3O3. The van der Waals surface area contributed by atoms with Gasteiger partial charge in [0.25, 0.3) is 0 Å². The summed E-state index contributed by atoms with van der Waals surface area (Å²) in [5.41, 5.74) is 3.12. The third-order valence-corrected chi connectivity index (χ3v) is 3.29. The van der Waals surface area contributed by atoms with Crippen molar-refractivity contribution in [3.63, 3.8) is 0 Å². The lowest BCUT2D eigenvalue weighted by Gasteiger charge is -2.06. The first-order chi connectivity index (χ1) is 10.1. The molecular weight excluding hydrogens is 270 g/mol. The summed E-state index contributed by atoms with van der Waals surface area (Å²) in [5, 5.41) is 9.19. The van der Waals surface area contributed by atoms with E-state index in [-0.39, 0.29) is 5.56 Å². The standard InChI is InChI=1S/C15H13N3O3/c1-9-6-10(7-17-14(9)21-2)12-8-16-13-11(15(19)20)4-3-5-18(12)13/h3-8H,1-2H3,(H,19,20). The van der Waals surface area contributed by atoms with Gasteiger partial charge in [0.05, 0.1) is 19.0 Å². The van der Waals surface area contributed by atoms with Crippen LogP contribution in [0, 0.1) is 6.92 Å². The largest absolute Gasteiger partial charge is 0.481 e. The monoisotopic (exact) mass is 283 g/mol. The van der Waals surface area contributed by atoms with Crippen LogP contribution in [-0.4, -0.2) is 32.6 Å². The average Bonchev–Trinajstić information content (AvgIpc) is 2.90. The zero-order chi connectivity index (χ0) is 15.0. The van der Waals surface area contributed by atoms with E-state index in [1.165, 1.54) is 6.07 Å². The van der Waals surface area contributed by atoms with Gasteiger partial charge in [-0.1, -0.05) is 0 Å². The maximum Gasteiger partial charge on any atom is 0.339 e. The number of ether oxygens (including phenoxy) is 1. The van der Waals surface area contributed by atoms with E-state index in [0.29, 0.717) is 11.5 Å². The van der Waals surface area contributed by atoms with Crippen molar-refractivity contribution in [3.8, 4) is 17.1 Å². The van der Waals surface area contributed by atoms with Crippen molar-refractivity contribution in [3.05, 3.63) is 47.9 Å². The Morgan fingerprint density at radius 1 is 1.33 bits per heavy atom. The van der Waals surface area contributed by atoms with Crippen LogP contribution in [-0.2, 0) is 0 Å². The van der Waals surface area contributed by atoms with Gasteiger partial charge in [0.15, 0.2) is 5.65 Å². The van der Waals surface area contributed by atoms with Gasteiger partial charge in [-0.15, -0.1) is 0 Å². The van der Waals surface area contributed by atoms with Gasteiger partial charge in [-0.05, 0) is 25.1 Å². The molecule has 0 unspecified atom stereocenters. The molecule has 0 saturated carbocycles. The molecule has 0 aliphatic rings. The van der Waals surface area contributed by atoms with Gasteiger partial charge in [-0.2, -0.15) is 0 Å². The van der Waals surface area contributed by atoms with E-state index in [0.717, 1.165) is 16.8 Å². The molecule has 6 nitrogen and oxygen atoms in total. The molecule has 0 aliphatic heterocycles. The lowest BCUT2D eigenvalue weighted by Crippen LogP contribution is -2.01. The molecule has 0 aliphatic carbocycles. The summed E-state index contributed by atoms with van der Waals surface area (Å²) in [5.74, 6) is -0.430. The molecule has 0 amide bonds. The van der Waals surface area contributed by atoms with E-state index in [1.54, 1.807) is 36.2 Å². The molecule has 0 fully saturated rings. The maximum absolute atomic E-state index is 11.2. The normalized spacial score (nSPS) is 10.8. The molecule has 0 bridgehead atoms. The van der Waals surface area contributed by atoms with Crippen LogP contribution in [0.15, 0.2) is 36.8 Å². The highest BCUT2D eigenvalue weighted by Crippen LogP contribution is 2.25. The zero-order valence-corrected chi connectivity index (χ0v) is 11.6. The van der Waals surface area contributed by atoms with Crippen molar-refractivity contribution >= 4 is 11.6 Å². The molecule has 21 heavy (non-hydrogen) atoms. The number of hydrogen-bond donors (Lipinski definition) is 1. The minimum Gasteiger partial charge on any atom is -0.481 e. The van der Waals surface area contributed by atoms with Crippen molar-refractivity contribution < 1.29 is 14.6 Å². The van der Waals surface area contributed by atoms with Crippen molar-refractivity contribution in [2.45, 2.75) is 6.92 Å². The molecule has 6 heteroatoms. The summed E-state index contributed by atoms with van der Waals surface area (Å²) < 4.78 is 6.89. The summed E-state index contributed by atoms with van der Waals surface area (Å²) in [7, 11) is 1.57. The van der Waals surface area contributed by atoms with E-state index < -0.39 is 5.97 Å². The highest BCUT2D eigenvalue weighted by atomic mass is 16.5. The first-order valence-electron chi connectivity index (χ1n) is 6.32. The van der Waals surface area contributed by atoms with E-state index in [2.05, 4.69) is 9.97 Å². The minimum absolute atomic E-state index is 0.168. The first-order valence-corrected chi connectivity index (χ1v) is 6.32. The Balaban J connectivity index is 2.20. The average molecular weight is 283 g/mol. The number of carboxylic acids is 1. The van der Waals surface area contributed by atoms with Crippen LogP contribution in [0.5, 0.6) is 5.88 Å². The Hall–Kier alpha value is -2.89. The fourth-order valence-electron chi connectivity index (χ4n) is 2.31. The number of methoxy groups -OCH3 is 1. The van der Waals surface area contributed by atoms with Crippen LogP contribution in [0.25, 0.3) is 16.9 Å². The second-order valence-electron chi connectivity index (χ2n) is 4.61. The number of nitrogens with zero attached hydrogens (tertiary/aromatic N) is 3. The predicted octanol–water partition coefficient (Wildman–Crippen LogP) is 2.41. The lowest BCUT2D eigenvalue weighted by atomic mass is 10.1. The van der Waals surface area contributed by atoms with E-state index in [9.17, 15) is 9.90 Å². The first kappa shape index (κ1) is 13.1. The Morgan fingerprint density at radius 3 is 2.81 bits per heavy atom. The van der Waals surface area contributed by atoms with Crippen LogP contribution in [0.4, 0.5) is 0 Å². The number of fused-ring (bicyclic) bond motifs is 1. The lowest BCUT2D eigenvalue weighted by molar-refractivity contribution is 0.0698. The number of aromatic carboxylic acids is 1. The molecule has 0 saturated heterocycles. The summed E-state index contributed by atoms with van der Waals surface area (Å²) >= 11 is 0. The van der Waals surface area contributed by atoms with Gasteiger partial charge in [-0.3, -0.25) is 4.40 Å². The quantitative estimate of drug-likeness (QED) is 0.798. The third kappa shape index (κ3) is 2.10. The van der Waals surface area contributed by atoms with Gasteiger partial charge >= 0.3 is 5.97 Å². The van der Waals surface area contributed by atoms with Gasteiger partial charge in [0.2, 0.25) is 5.88 Å². The molecule has 0 atom stereocenters. The number of rotatable bonds is 3. The van der Waals surface area contributed by atoms with Crippen LogP contribution in [0.2, 0.25) is 0 Å². The number of pyridine rings is 2. The molecule has 0 aromatic carbocycles. The number of aryl methyl sites for hydroxylation is 1. The highest BCUT2D eigenvalue weighted by Gasteiger charge is 2.14. The molecule has 1 N–H and O–H groups in total. The third-order valence-electron chi connectivity index (χ3n) is 3.29. The number of carbonyl (C=O) groups is 1. The van der Waals surface area contributed by atoms with Gasteiger partial charge in [-0.25, -0.2) is 14.8 Å². The number of imidazole rings is 1. The van der Waals surface area contributed by atoms with Crippen LogP contribution >= 0.6 is 0 Å². The number of carboxylic acid groups (broad SMARTS) is 1. The topological polar surface area (TPSA) is 76.7 Å².